The van der Waals surface area contributed by atoms with Crippen molar-refractivity contribution in [2.45, 2.75) is 0 Å². The smallest absolute Gasteiger partial charge is 0.267 e. The predicted octanol–water partition coefficient (Wildman–Crippen LogP) is 7.52. The summed E-state index contributed by atoms with van der Waals surface area (Å²) < 4.78 is 1.68. The molecule has 2 aromatic heterocycles. The Morgan fingerprint density at radius 1 is 0.459 bits per heavy atom. The maximum absolute atomic E-state index is 13.9. The number of benzene rings is 6. The summed E-state index contributed by atoms with van der Waals surface area (Å²) in [4.78, 5) is 23.8. The lowest BCUT2D eigenvalue weighted by atomic mass is 9.93. The van der Waals surface area contributed by atoms with Gasteiger partial charge in [0.05, 0.1) is 16.4 Å². The molecule has 0 radical (unpaired) electrons. The molecule has 0 saturated carbocycles. The zero-order chi connectivity index (χ0) is 24.5. The molecule has 0 saturated heterocycles. The quantitative estimate of drug-likeness (QED) is 0.183. The monoisotopic (exact) mass is 473 g/mol. The Balaban J connectivity index is 1.56. The van der Waals surface area contributed by atoms with E-state index in [-0.39, 0.29) is 5.56 Å². The van der Waals surface area contributed by atoms with Crippen LogP contribution in [0.25, 0.3) is 71.2 Å². The van der Waals surface area contributed by atoms with Crippen molar-refractivity contribution in [3.63, 3.8) is 0 Å². The Morgan fingerprint density at radius 2 is 0.946 bits per heavy atom. The zero-order valence-corrected chi connectivity index (χ0v) is 19.7. The average molecular weight is 474 g/mol. The Labute approximate surface area is 211 Å². The molecule has 2 heterocycles. The van der Waals surface area contributed by atoms with Gasteiger partial charge in [0.1, 0.15) is 5.82 Å². The number of hydrogen-bond donors (Lipinski definition) is 0. The Morgan fingerprint density at radius 3 is 1.59 bits per heavy atom. The van der Waals surface area contributed by atoms with Crippen LogP contribution in [0.1, 0.15) is 0 Å². The van der Waals surface area contributed by atoms with Gasteiger partial charge in [0, 0.05) is 10.9 Å². The molecule has 4 heteroatoms. The van der Waals surface area contributed by atoms with E-state index in [9.17, 15) is 4.79 Å². The SMILES string of the molecule is O=c1c2ccccc2nc2c3ccccc3nc(-c3ccc4c5ccccc5c5ccccc5c4c3)n12. The molecule has 0 aliphatic rings. The molecule has 0 atom stereocenters. The van der Waals surface area contributed by atoms with Crippen LogP contribution in [-0.4, -0.2) is 14.4 Å². The van der Waals surface area contributed by atoms with Gasteiger partial charge in [-0.1, -0.05) is 84.9 Å². The molecule has 37 heavy (non-hydrogen) atoms. The van der Waals surface area contributed by atoms with Crippen molar-refractivity contribution >= 4 is 59.8 Å². The van der Waals surface area contributed by atoms with Gasteiger partial charge >= 0.3 is 0 Å². The summed E-state index contributed by atoms with van der Waals surface area (Å²) in [6.45, 7) is 0. The third-order valence-corrected chi connectivity index (χ3v) is 7.36. The van der Waals surface area contributed by atoms with Gasteiger partial charge in [0.15, 0.2) is 5.65 Å². The number of rotatable bonds is 1. The van der Waals surface area contributed by atoms with E-state index in [1.807, 2.05) is 48.5 Å². The van der Waals surface area contributed by atoms with Gasteiger partial charge < -0.3 is 0 Å². The summed E-state index contributed by atoms with van der Waals surface area (Å²) in [5.41, 5.74) is 2.88. The second kappa shape index (κ2) is 7.45. The van der Waals surface area contributed by atoms with Gasteiger partial charge in [-0.3, -0.25) is 4.79 Å². The minimum atomic E-state index is -0.114. The van der Waals surface area contributed by atoms with E-state index in [1.54, 1.807) is 4.40 Å². The fourth-order valence-electron chi connectivity index (χ4n) is 5.67. The molecule has 4 nitrogen and oxygen atoms in total. The van der Waals surface area contributed by atoms with Crippen molar-refractivity contribution in [3.05, 3.63) is 126 Å². The molecule has 6 aromatic carbocycles. The lowest BCUT2D eigenvalue weighted by Gasteiger charge is -2.14. The van der Waals surface area contributed by atoms with E-state index in [1.165, 1.54) is 26.9 Å². The van der Waals surface area contributed by atoms with Gasteiger partial charge in [0.25, 0.3) is 5.56 Å². The standard InChI is InChI=1S/C33H19N3O/c37-33-27-14-6-8-16-30(27)35-32-26-13-5-7-15-29(26)34-31(36(32)33)20-17-18-25-23-11-2-1-9-21(23)22-10-3-4-12-24(22)28(25)19-20/h1-19H. The molecular formula is C33H19N3O. The third kappa shape index (κ3) is 2.81. The van der Waals surface area contributed by atoms with Crippen molar-refractivity contribution in [1.29, 1.82) is 0 Å². The molecule has 0 aliphatic heterocycles. The summed E-state index contributed by atoms with van der Waals surface area (Å²) in [5, 5.41) is 8.59. The molecular weight excluding hydrogens is 454 g/mol. The van der Waals surface area contributed by atoms with E-state index in [0.29, 0.717) is 22.4 Å². The molecule has 0 amide bonds. The molecule has 0 spiro atoms. The fraction of sp³-hybridized carbons (Fsp3) is 0. The van der Waals surface area contributed by atoms with E-state index >= 15 is 0 Å². The number of aromatic nitrogens is 3. The van der Waals surface area contributed by atoms with Crippen LogP contribution in [0, 0.1) is 0 Å². The topological polar surface area (TPSA) is 47.3 Å². The number of para-hydroxylation sites is 2. The van der Waals surface area contributed by atoms with E-state index < -0.39 is 0 Å². The lowest BCUT2D eigenvalue weighted by Crippen LogP contribution is -2.18. The summed E-state index contributed by atoms with van der Waals surface area (Å²) in [6, 6.07) is 38.8. The summed E-state index contributed by atoms with van der Waals surface area (Å²) in [6.07, 6.45) is 0. The first-order chi connectivity index (χ1) is 18.3. The van der Waals surface area contributed by atoms with Gasteiger partial charge in [-0.2, -0.15) is 0 Å². The average Bonchev–Trinajstić information content (AvgIpc) is 2.97. The van der Waals surface area contributed by atoms with Crippen LogP contribution in [0.4, 0.5) is 0 Å². The van der Waals surface area contributed by atoms with Crippen molar-refractivity contribution in [3.8, 4) is 11.4 Å². The number of hydrogen-bond acceptors (Lipinski definition) is 3. The molecule has 8 rings (SSSR count). The van der Waals surface area contributed by atoms with E-state index in [0.717, 1.165) is 21.9 Å². The van der Waals surface area contributed by atoms with Gasteiger partial charge in [-0.15, -0.1) is 0 Å². The van der Waals surface area contributed by atoms with Crippen molar-refractivity contribution in [2.75, 3.05) is 0 Å². The van der Waals surface area contributed by atoms with Gasteiger partial charge in [-0.05, 0) is 62.6 Å². The highest BCUT2D eigenvalue weighted by atomic mass is 16.1. The first kappa shape index (κ1) is 20.1. The molecule has 0 bridgehead atoms. The predicted molar refractivity (Wildman–Crippen MR) is 152 cm³/mol. The number of nitrogens with zero attached hydrogens (tertiary/aromatic N) is 3. The minimum Gasteiger partial charge on any atom is -0.268 e. The highest BCUT2D eigenvalue weighted by Gasteiger charge is 2.17. The lowest BCUT2D eigenvalue weighted by molar-refractivity contribution is 1.05. The van der Waals surface area contributed by atoms with E-state index in [4.69, 9.17) is 9.97 Å². The molecule has 0 fully saturated rings. The Hall–Kier alpha value is -5.09. The normalized spacial score (nSPS) is 11.9. The van der Waals surface area contributed by atoms with Crippen molar-refractivity contribution < 1.29 is 0 Å². The van der Waals surface area contributed by atoms with Crippen LogP contribution in [0.2, 0.25) is 0 Å². The van der Waals surface area contributed by atoms with Crippen LogP contribution in [-0.2, 0) is 0 Å². The molecule has 0 unspecified atom stereocenters. The summed E-state index contributed by atoms with van der Waals surface area (Å²) in [5.74, 6) is 0.594. The first-order valence-corrected chi connectivity index (χ1v) is 12.3. The molecule has 0 aliphatic carbocycles. The third-order valence-electron chi connectivity index (χ3n) is 7.36. The second-order valence-corrected chi connectivity index (χ2v) is 9.40. The largest absolute Gasteiger partial charge is 0.268 e. The Kier molecular flexibility index (Phi) is 4.06. The minimum absolute atomic E-state index is 0.114. The number of fused-ring (bicyclic) bond motifs is 10. The van der Waals surface area contributed by atoms with Crippen molar-refractivity contribution in [1.82, 2.24) is 14.4 Å². The summed E-state index contributed by atoms with van der Waals surface area (Å²) in [7, 11) is 0. The highest BCUT2D eigenvalue weighted by molar-refractivity contribution is 6.25. The van der Waals surface area contributed by atoms with Crippen LogP contribution in [0.5, 0.6) is 0 Å². The van der Waals surface area contributed by atoms with E-state index in [2.05, 4.69) is 66.7 Å². The van der Waals surface area contributed by atoms with Crippen LogP contribution >= 0.6 is 0 Å². The van der Waals surface area contributed by atoms with Crippen LogP contribution in [0.3, 0.4) is 0 Å². The summed E-state index contributed by atoms with van der Waals surface area (Å²) >= 11 is 0. The van der Waals surface area contributed by atoms with Gasteiger partial charge in [0.2, 0.25) is 0 Å². The fourth-order valence-corrected chi connectivity index (χ4v) is 5.67. The zero-order valence-electron chi connectivity index (χ0n) is 19.7. The van der Waals surface area contributed by atoms with Gasteiger partial charge in [-0.25, -0.2) is 14.4 Å². The highest BCUT2D eigenvalue weighted by Crippen LogP contribution is 2.37. The van der Waals surface area contributed by atoms with Crippen LogP contribution < -0.4 is 5.56 Å². The second-order valence-electron chi connectivity index (χ2n) is 9.40. The maximum Gasteiger partial charge on any atom is 0.267 e. The Bertz CT molecular complexity index is 2250. The van der Waals surface area contributed by atoms with Crippen molar-refractivity contribution in [2.24, 2.45) is 0 Å². The maximum atomic E-state index is 13.9. The molecule has 172 valence electrons. The first-order valence-electron chi connectivity index (χ1n) is 12.3. The van der Waals surface area contributed by atoms with Crippen LogP contribution in [0.15, 0.2) is 120 Å². The molecule has 0 N–H and O–H groups in total. The molecule has 8 aromatic rings.